The number of hydrogen-bond donors (Lipinski definition) is 1. The molecule has 0 bridgehead atoms. The van der Waals surface area contributed by atoms with Gasteiger partial charge in [0.25, 0.3) is 5.95 Å². The highest BCUT2D eigenvalue weighted by atomic mass is 35.5. The summed E-state index contributed by atoms with van der Waals surface area (Å²) in [5.74, 6) is -2.72. The second-order valence-corrected chi connectivity index (χ2v) is 3.79. The van der Waals surface area contributed by atoms with Gasteiger partial charge in [-0.05, 0) is 18.6 Å². The van der Waals surface area contributed by atoms with Gasteiger partial charge in [-0.1, -0.05) is 11.6 Å². The number of rotatable bonds is 2. The SMILES string of the molecule is Cc1cc(Cl)nn2c(NOC(=O)C(F)(F)F)nnc12. The van der Waals surface area contributed by atoms with Gasteiger partial charge in [-0.2, -0.15) is 28.3 Å². The molecule has 2 rings (SSSR count). The van der Waals surface area contributed by atoms with Crippen LogP contribution in [0.5, 0.6) is 0 Å². The predicted octanol–water partition coefficient (Wildman–Crippen LogP) is 1.52. The van der Waals surface area contributed by atoms with E-state index in [1.165, 1.54) is 6.07 Å². The third-order valence-electron chi connectivity index (χ3n) is 1.99. The maximum absolute atomic E-state index is 11.9. The van der Waals surface area contributed by atoms with Crippen molar-refractivity contribution in [3.05, 3.63) is 16.8 Å². The van der Waals surface area contributed by atoms with Crippen molar-refractivity contribution in [1.82, 2.24) is 19.8 Å². The smallest absolute Gasteiger partial charge is 0.332 e. The second-order valence-electron chi connectivity index (χ2n) is 3.40. The standard InChI is InChI=1S/C8H5ClF3N5O2/c1-3-2-4(9)15-17-5(3)13-14-7(17)16-19-6(18)8(10,11)12/h2H,1H3,(H,14,16). The van der Waals surface area contributed by atoms with Crippen molar-refractivity contribution in [3.8, 4) is 0 Å². The summed E-state index contributed by atoms with van der Waals surface area (Å²) in [6.45, 7) is 1.66. The van der Waals surface area contributed by atoms with E-state index in [2.05, 4.69) is 20.1 Å². The molecule has 1 N–H and O–H groups in total. The lowest BCUT2D eigenvalue weighted by molar-refractivity contribution is -0.196. The first-order chi connectivity index (χ1) is 8.79. The number of carbonyl (C=O) groups excluding carboxylic acids is 1. The van der Waals surface area contributed by atoms with E-state index in [4.69, 9.17) is 11.6 Å². The van der Waals surface area contributed by atoms with Crippen LogP contribution in [-0.4, -0.2) is 32.0 Å². The van der Waals surface area contributed by atoms with E-state index in [1.807, 2.05) is 0 Å². The molecule has 2 aromatic rings. The highest BCUT2D eigenvalue weighted by molar-refractivity contribution is 6.29. The first-order valence-corrected chi connectivity index (χ1v) is 5.09. The van der Waals surface area contributed by atoms with E-state index >= 15 is 0 Å². The van der Waals surface area contributed by atoms with Crippen molar-refractivity contribution < 1.29 is 22.8 Å². The van der Waals surface area contributed by atoms with Crippen LogP contribution in [0, 0.1) is 6.92 Å². The van der Waals surface area contributed by atoms with Crippen LogP contribution in [0.3, 0.4) is 0 Å². The minimum atomic E-state index is -5.12. The molecule has 0 aliphatic rings. The Balaban J connectivity index is 2.25. The number of hydrogen-bond acceptors (Lipinski definition) is 6. The molecular formula is C8H5ClF3N5O2. The minimum Gasteiger partial charge on any atom is -0.332 e. The fraction of sp³-hybridized carbons (Fsp3) is 0.250. The Bertz CT molecular complexity index is 641. The maximum atomic E-state index is 11.9. The lowest BCUT2D eigenvalue weighted by atomic mass is 10.3. The van der Waals surface area contributed by atoms with Gasteiger partial charge in [-0.15, -0.1) is 10.2 Å². The minimum absolute atomic E-state index is 0.0787. The van der Waals surface area contributed by atoms with Crippen LogP contribution in [0.1, 0.15) is 5.56 Å². The molecule has 7 nitrogen and oxygen atoms in total. The molecule has 0 saturated heterocycles. The highest BCUT2D eigenvalue weighted by Gasteiger charge is 2.41. The Kier molecular flexibility index (Phi) is 3.18. The number of nitrogens with zero attached hydrogens (tertiary/aromatic N) is 4. The molecule has 2 heterocycles. The summed E-state index contributed by atoms with van der Waals surface area (Å²) in [5, 5.41) is 11.0. The van der Waals surface area contributed by atoms with Crippen LogP contribution in [0.15, 0.2) is 6.07 Å². The largest absolute Gasteiger partial charge is 0.493 e. The molecule has 0 amide bonds. The zero-order valence-electron chi connectivity index (χ0n) is 9.19. The zero-order chi connectivity index (χ0) is 14.2. The van der Waals surface area contributed by atoms with Gasteiger partial charge >= 0.3 is 12.1 Å². The average Bonchev–Trinajstić information content (AvgIpc) is 2.67. The van der Waals surface area contributed by atoms with Crippen LogP contribution < -0.4 is 5.48 Å². The molecule has 11 heteroatoms. The number of carbonyl (C=O) groups is 1. The molecule has 0 atom stereocenters. The van der Waals surface area contributed by atoms with Crippen LogP contribution in [-0.2, 0) is 9.63 Å². The summed E-state index contributed by atoms with van der Waals surface area (Å²) < 4.78 is 36.8. The third-order valence-corrected chi connectivity index (χ3v) is 2.18. The monoisotopic (exact) mass is 295 g/mol. The number of halogens is 4. The fourth-order valence-corrected chi connectivity index (χ4v) is 1.44. The number of nitrogens with one attached hydrogen (secondary N) is 1. The van der Waals surface area contributed by atoms with Gasteiger partial charge in [0, 0.05) is 0 Å². The van der Waals surface area contributed by atoms with Crippen LogP contribution in [0.2, 0.25) is 5.15 Å². The van der Waals surface area contributed by atoms with E-state index < -0.39 is 12.1 Å². The Morgan fingerprint density at radius 2 is 2.16 bits per heavy atom. The quantitative estimate of drug-likeness (QED) is 0.846. The van der Waals surface area contributed by atoms with Crippen molar-refractivity contribution in [3.63, 3.8) is 0 Å². The van der Waals surface area contributed by atoms with E-state index in [1.54, 1.807) is 12.4 Å². The Hall–Kier alpha value is -2.10. The normalized spacial score (nSPS) is 11.6. The topological polar surface area (TPSA) is 81.4 Å². The van der Waals surface area contributed by atoms with Crippen LogP contribution >= 0.6 is 11.6 Å². The van der Waals surface area contributed by atoms with Gasteiger partial charge in [0.05, 0.1) is 0 Å². The van der Waals surface area contributed by atoms with Gasteiger partial charge < -0.3 is 4.84 Å². The molecule has 0 unspecified atom stereocenters. The molecule has 19 heavy (non-hydrogen) atoms. The van der Waals surface area contributed by atoms with Gasteiger partial charge in [0.2, 0.25) is 0 Å². The first kappa shape index (κ1) is 13.3. The summed E-state index contributed by atoms with van der Waals surface area (Å²) in [6.07, 6.45) is -5.12. The summed E-state index contributed by atoms with van der Waals surface area (Å²) in [4.78, 5) is 14.3. The number of aryl methyl sites for hydroxylation is 1. The van der Waals surface area contributed by atoms with Crippen molar-refractivity contribution >= 4 is 29.2 Å². The van der Waals surface area contributed by atoms with Gasteiger partial charge in [0.1, 0.15) is 0 Å². The molecular weight excluding hydrogens is 291 g/mol. The second kappa shape index (κ2) is 4.53. The van der Waals surface area contributed by atoms with Crippen molar-refractivity contribution in [2.75, 3.05) is 5.48 Å². The molecule has 0 radical (unpaired) electrons. The molecule has 102 valence electrons. The molecule has 0 aliphatic carbocycles. The molecule has 0 aromatic carbocycles. The zero-order valence-corrected chi connectivity index (χ0v) is 9.95. The third kappa shape index (κ3) is 2.67. The summed E-state index contributed by atoms with van der Waals surface area (Å²) in [6, 6.07) is 1.50. The van der Waals surface area contributed by atoms with Crippen molar-refractivity contribution in [1.29, 1.82) is 0 Å². The van der Waals surface area contributed by atoms with Crippen molar-refractivity contribution in [2.45, 2.75) is 13.1 Å². The Morgan fingerprint density at radius 3 is 2.79 bits per heavy atom. The Morgan fingerprint density at radius 1 is 1.47 bits per heavy atom. The Labute approximate surface area is 108 Å². The lowest BCUT2D eigenvalue weighted by Gasteiger charge is -2.06. The average molecular weight is 296 g/mol. The van der Waals surface area contributed by atoms with Crippen molar-refractivity contribution in [2.24, 2.45) is 0 Å². The summed E-state index contributed by atoms with van der Waals surface area (Å²) >= 11 is 5.69. The van der Waals surface area contributed by atoms with E-state index in [0.717, 1.165) is 4.52 Å². The molecule has 2 aromatic heterocycles. The number of aromatic nitrogens is 4. The molecule has 0 aliphatic heterocycles. The fourth-order valence-electron chi connectivity index (χ4n) is 1.20. The number of fused-ring (bicyclic) bond motifs is 1. The van der Waals surface area contributed by atoms with Gasteiger partial charge in [-0.3, -0.25) is 0 Å². The van der Waals surface area contributed by atoms with E-state index in [0.29, 0.717) is 5.56 Å². The van der Waals surface area contributed by atoms with E-state index in [9.17, 15) is 18.0 Å². The lowest BCUT2D eigenvalue weighted by Crippen LogP contribution is -2.28. The van der Waals surface area contributed by atoms with Gasteiger partial charge in [-0.25, -0.2) is 4.79 Å². The number of anilines is 1. The predicted molar refractivity (Wildman–Crippen MR) is 56.3 cm³/mol. The molecule has 0 fully saturated rings. The summed E-state index contributed by atoms with van der Waals surface area (Å²) in [7, 11) is 0. The molecule has 0 spiro atoms. The van der Waals surface area contributed by atoms with Gasteiger partial charge in [0.15, 0.2) is 10.8 Å². The first-order valence-electron chi connectivity index (χ1n) is 4.71. The number of alkyl halides is 3. The highest BCUT2D eigenvalue weighted by Crippen LogP contribution is 2.18. The molecule has 0 saturated carbocycles. The van der Waals surface area contributed by atoms with Crippen LogP contribution in [0.25, 0.3) is 5.65 Å². The van der Waals surface area contributed by atoms with Crippen LogP contribution in [0.4, 0.5) is 19.1 Å². The van der Waals surface area contributed by atoms with E-state index in [-0.39, 0.29) is 16.7 Å². The summed E-state index contributed by atoms with van der Waals surface area (Å²) in [5.41, 5.74) is 2.59. The maximum Gasteiger partial charge on any atom is 0.493 e.